The SMILES string of the molecule is CCCN1CCC(C#N)(NC(=O)[C@H](CCC(C)(C)C)N=C(NC(=O)OCC)N2CCOCC2)CC1. The number of hydrogen-bond donors (Lipinski definition) is 2. The topological polar surface area (TPSA) is 119 Å². The van der Waals surface area contributed by atoms with Crippen molar-refractivity contribution in [2.24, 2.45) is 10.4 Å². The average molecular weight is 493 g/mol. The van der Waals surface area contributed by atoms with Crippen molar-refractivity contribution in [1.29, 1.82) is 5.26 Å². The molecule has 198 valence electrons. The van der Waals surface area contributed by atoms with Crippen molar-refractivity contribution in [1.82, 2.24) is 20.4 Å². The number of guanidine groups is 1. The van der Waals surface area contributed by atoms with Crippen LogP contribution in [0.5, 0.6) is 0 Å². The Bertz CT molecular complexity index is 759. The lowest BCUT2D eigenvalue weighted by molar-refractivity contribution is -0.124. The zero-order valence-electron chi connectivity index (χ0n) is 22.2. The molecule has 2 amide bonds. The molecule has 2 rings (SSSR count). The molecule has 2 N–H and O–H groups in total. The molecule has 1 atom stereocenters. The average Bonchev–Trinajstić information content (AvgIpc) is 2.82. The molecule has 2 saturated heterocycles. The second kappa shape index (κ2) is 13.6. The van der Waals surface area contributed by atoms with Crippen LogP contribution in [0.4, 0.5) is 4.79 Å². The molecule has 0 unspecified atom stereocenters. The van der Waals surface area contributed by atoms with E-state index >= 15 is 0 Å². The van der Waals surface area contributed by atoms with Crippen LogP contribution in [-0.2, 0) is 14.3 Å². The van der Waals surface area contributed by atoms with E-state index in [0.29, 0.717) is 51.5 Å². The molecule has 0 aromatic rings. The van der Waals surface area contributed by atoms with Gasteiger partial charge in [-0.15, -0.1) is 0 Å². The maximum atomic E-state index is 13.6. The van der Waals surface area contributed by atoms with E-state index in [0.717, 1.165) is 32.5 Å². The molecule has 2 heterocycles. The molecule has 0 saturated carbocycles. The fourth-order valence-electron chi connectivity index (χ4n) is 4.26. The smallest absolute Gasteiger partial charge is 0.413 e. The predicted molar refractivity (Wildman–Crippen MR) is 135 cm³/mol. The van der Waals surface area contributed by atoms with E-state index in [1.165, 1.54) is 0 Å². The Kier molecular flexibility index (Phi) is 11.2. The monoisotopic (exact) mass is 492 g/mol. The predicted octanol–water partition coefficient (Wildman–Crippen LogP) is 2.50. The molecule has 35 heavy (non-hydrogen) atoms. The summed E-state index contributed by atoms with van der Waals surface area (Å²) in [5.74, 6) is 0.0285. The van der Waals surface area contributed by atoms with Crippen LogP contribution in [0.1, 0.15) is 66.7 Å². The molecule has 2 fully saturated rings. The van der Waals surface area contributed by atoms with Crippen LogP contribution in [0, 0.1) is 16.7 Å². The Morgan fingerprint density at radius 2 is 1.83 bits per heavy atom. The molecule has 0 aromatic carbocycles. The highest BCUT2D eigenvalue weighted by molar-refractivity contribution is 5.96. The third-order valence-corrected chi connectivity index (χ3v) is 6.37. The van der Waals surface area contributed by atoms with Crippen molar-refractivity contribution in [2.75, 3.05) is 52.5 Å². The fraction of sp³-hybridized carbons (Fsp3) is 0.840. The fourth-order valence-corrected chi connectivity index (χ4v) is 4.26. The van der Waals surface area contributed by atoms with E-state index in [4.69, 9.17) is 14.5 Å². The minimum atomic E-state index is -0.898. The summed E-state index contributed by atoms with van der Waals surface area (Å²) in [6.07, 6.45) is 2.88. The van der Waals surface area contributed by atoms with E-state index in [2.05, 4.69) is 49.3 Å². The number of carbonyl (C=O) groups is 2. The second-order valence-corrected chi connectivity index (χ2v) is 10.5. The number of alkyl carbamates (subject to hydrolysis) is 1. The Morgan fingerprint density at radius 3 is 2.37 bits per heavy atom. The lowest BCUT2D eigenvalue weighted by Gasteiger charge is -2.38. The molecule has 2 aliphatic heterocycles. The van der Waals surface area contributed by atoms with Crippen LogP contribution in [0.15, 0.2) is 4.99 Å². The molecule has 0 radical (unpaired) electrons. The number of piperidine rings is 1. The summed E-state index contributed by atoms with van der Waals surface area (Å²) in [5, 5.41) is 15.8. The van der Waals surface area contributed by atoms with E-state index in [9.17, 15) is 14.9 Å². The van der Waals surface area contributed by atoms with Crippen LogP contribution in [0.25, 0.3) is 0 Å². The number of nitrogens with zero attached hydrogens (tertiary/aromatic N) is 4. The highest BCUT2D eigenvalue weighted by atomic mass is 16.5. The summed E-state index contributed by atoms with van der Waals surface area (Å²) in [6.45, 7) is 15.1. The first kappa shape index (κ1) is 28.9. The largest absolute Gasteiger partial charge is 0.450 e. The van der Waals surface area contributed by atoms with Gasteiger partial charge in [-0.05, 0) is 51.0 Å². The molecule has 0 aliphatic carbocycles. The normalized spacial score (nSPS) is 20.0. The van der Waals surface area contributed by atoms with Crippen LogP contribution in [0.3, 0.4) is 0 Å². The maximum Gasteiger partial charge on any atom is 0.413 e. The van der Waals surface area contributed by atoms with Crippen molar-refractivity contribution in [3.05, 3.63) is 0 Å². The quantitative estimate of drug-likeness (QED) is 0.395. The molecule has 0 spiro atoms. The lowest BCUT2D eigenvalue weighted by Crippen LogP contribution is -2.57. The first-order valence-corrected chi connectivity index (χ1v) is 12.9. The van der Waals surface area contributed by atoms with Crippen LogP contribution >= 0.6 is 0 Å². The highest BCUT2D eigenvalue weighted by Gasteiger charge is 2.38. The number of hydrogen-bond acceptors (Lipinski definition) is 7. The molecule has 10 nitrogen and oxygen atoms in total. The van der Waals surface area contributed by atoms with E-state index < -0.39 is 17.7 Å². The van der Waals surface area contributed by atoms with E-state index in [1.54, 1.807) is 6.92 Å². The number of ether oxygens (including phenoxy) is 2. The number of aliphatic imine (C=N–C) groups is 1. The van der Waals surface area contributed by atoms with Crippen molar-refractivity contribution in [3.63, 3.8) is 0 Å². The summed E-state index contributed by atoms with van der Waals surface area (Å²) >= 11 is 0. The van der Waals surface area contributed by atoms with Gasteiger partial charge >= 0.3 is 6.09 Å². The van der Waals surface area contributed by atoms with Crippen molar-refractivity contribution < 1.29 is 19.1 Å². The minimum Gasteiger partial charge on any atom is -0.450 e. The maximum absolute atomic E-state index is 13.6. The summed E-state index contributed by atoms with van der Waals surface area (Å²) in [6, 6.07) is 1.64. The third-order valence-electron chi connectivity index (χ3n) is 6.37. The molecular formula is C25H44N6O4. The van der Waals surface area contributed by atoms with Crippen LogP contribution < -0.4 is 10.6 Å². The number of nitrogens with one attached hydrogen (secondary N) is 2. The van der Waals surface area contributed by atoms with Crippen molar-refractivity contribution in [2.45, 2.75) is 78.3 Å². The Morgan fingerprint density at radius 1 is 1.17 bits per heavy atom. The van der Waals surface area contributed by atoms with Gasteiger partial charge in [0.1, 0.15) is 11.6 Å². The summed E-state index contributed by atoms with van der Waals surface area (Å²) < 4.78 is 10.5. The van der Waals surface area contributed by atoms with Gasteiger partial charge in [0.15, 0.2) is 0 Å². The standard InChI is InChI=1S/C25H44N6O4/c1-6-12-30-13-10-25(19-26,11-14-30)29-21(32)20(8-9-24(3,4)5)27-22(28-23(33)35-7-2)31-15-17-34-18-16-31/h20H,6-18H2,1-5H3,(H,29,32)(H,27,28,33)/t20-/m0/s1. The highest BCUT2D eigenvalue weighted by Crippen LogP contribution is 2.25. The van der Waals surface area contributed by atoms with Gasteiger partial charge in [0.05, 0.1) is 25.9 Å². The minimum absolute atomic E-state index is 0.000154. The van der Waals surface area contributed by atoms with Crippen LogP contribution in [0.2, 0.25) is 0 Å². The number of amides is 2. The zero-order valence-corrected chi connectivity index (χ0v) is 22.2. The second-order valence-electron chi connectivity index (χ2n) is 10.5. The Labute approximate surface area is 210 Å². The van der Waals surface area contributed by atoms with Gasteiger partial charge in [-0.3, -0.25) is 10.1 Å². The van der Waals surface area contributed by atoms with Gasteiger partial charge in [-0.25, -0.2) is 9.79 Å². The Balaban J connectivity index is 2.26. The summed E-state index contributed by atoms with van der Waals surface area (Å²) in [7, 11) is 0. The third kappa shape index (κ3) is 9.65. The molecule has 2 aliphatic rings. The molecule has 0 bridgehead atoms. The first-order valence-electron chi connectivity index (χ1n) is 12.9. The number of carbonyl (C=O) groups excluding carboxylic acids is 2. The van der Waals surface area contributed by atoms with Crippen molar-refractivity contribution in [3.8, 4) is 6.07 Å². The number of rotatable bonds is 8. The van der Waals surface area contributed by atoms with Gasteiger partial charge in [0.2, 0.25) is 11.9 Å². The number of nitriles is 1. The van der Waals surface area contributed by atoms with Crippen molar-refractivity contribution >= 4 is 18.0 Å². The van der Waals surface area contributed by atoms with Gasteiger partial charge < -0.3 is 24.6 Å². The first-order chi connectivity index (χ1) is 16.6. The van der Waals surface area contributed by atoms with E-state index in [1.807, 2.05) is 4.90 Å². The van der Waals surface area contributed by atoms with E-state index in [-0.39, 0.29) is 17.9 Å². The van der Waals surface area contributed by atoms with Gasteiger partial charge in [-0.2, -0.15) is 5.26 Å². The molecular weight excluding hydrogens is 448 g/mol. The molecule has 10 heteroatoms. The summed E-state index contributed by atoms with van der Waals surface area (Å²) in [4.78, 5) is 34.8. The van der Waals surface area contributed by atoms with Gasteiger partial charge in [0.25, 0.3) is 0 Å². The summed E-state index contributed by atoms with van der Waals surface area (Å²) in [5.41, 5.74) is -0.898. The van der Waals surface area contributed by atoms with Gasteiger partial charge in [0, 0.05) is 26.2 Å². The van der Waals surface area contributed by atoms with Crippen LogP contribution in [-0.4, -0.2) is 91.9 Å². The lowest BCUT2D eigenvalue weighted by atomic mass is 9.86. The van der Waals surface area contributed by atoms with Gasteiger partial charge in [-0.1, -0.05) is 27.7 Å². The number of morpholine rings is 1. The Hall–Kier alpha value is -2.38. The molecule has 0 aromatic heterocycles. The zero-order chi connectivity index (χ0) is 25.9. The number of likely N-dealkylation sites (tertiary alicyclic amines) is 1.